The predicted octanol–water partition coefficient (Wildman–Crippen LogP) is 3.93. The summed E-state index contributed by atoms with van der Waals surface area (Å²) in [4.78, 5) is 30.2. The van der Waals surface area contributed by atoms with Crippen LogP contribution in [0.1, 0.15) is 17.4 Å². The van der Waals surface area contributed by atoms with Gasteiger partial charge in [-0.15, -0.1) is 11.3 Å². The molecule has 0 radical (unpaired) electrons. The summed E-state index contributed by atoms with van der Waals surface area (Å²) in [5.74, 6) is -1.05. The Labute approximate surface area is 193 Å². The molecule has 1 aliphatic heterocycles. The van der Waals surface area contributed by atoms with Crippen molar-refractivity contribution in [1.29, 1.82) is 0 Å². The van der Waals surface area contributed by atoms with Gasteiger partial charge >= 0.3 is 5.97 Å². The molecule has 4 rings (SSSR count). The second-order valence-electron chi connectivity index (χ2n) is 7.21. The van der Waals surface area contributed by atoms with Crippen LogP contribution in [0.3, 0.4) is 0 Å². The maximum atomic E-state index is 13.2. The Morgan fingerprint density at radius 1 is 1.16 bits per heavy atom. The maximum absolute atomic E-state index is 13.2. The molecule has 7 nitrogen and oxygen atoms in total. The van der Waals surface area contributed by atoms with E-state index in [2.05, 4.69) is 10.00 Å². The minimum absolute atomic E-state index is 0.0789. The van der Waals surface area contributed by atoms with E-state index in [9.17, 15) is 14.0 Å². The van der Waals surface area contributed by atoms with Crippen molar-refractivity contribution in [2.45, 2.75) is 13.5 Å². The molecule has 0 bridgehead atoms. The average Bonchev–Trinajstić information content (AvgIpc) is 3.42. The van der Waals surface area contributed by atoms with Crippen LogP contribution in [0.25, 0.3) is 10.6 Å². The Morgan fingerprint density at radius 2 is 1.88 bits per heavy atom. The smallest absolute Gasteiger partial charge is 0.358 e. The molecule has 0 atom stereocenters. The molecule has 3 aromatic rings. The third kappa shape index (κ3) is 4.63. The first-order valence-electron chi connectivity index (χ1n) is 10.2. The van der Waals surface area contributed by atoms with Crippen LogP contribution in [0.5, 0.6) is 0 Å². The number of rotatable bonds is 6. The van der Waals surface area contributed by atoms with Crippen molar-refractivity contribution < 1.29 is 18.7 Å². The van der Waals surface area contributed by atoms with Crippen molar-refractivity contribution >= 4 is 40.5 Å². The van der Waals surface area contributed by atoms with E-state index in [0.717, 1.165) is 10.6 Å². The van der Waals surface area contributed by atoms with Crippen molar-refractivity contribution in [1.82, 2.24) is 14.7 Å². The first-order valence-corrected chi connectivity index (χ1v) is 11.5. The molecule has 0 spiro atoms. The lowest BCUT2D eigenvalue weighted by atomic mass is 10.2. The monoisotopic (exact) mass is 476 g/mol. The maximum Gasteiger partial charge on any atom is 0.358 e. The number of benzene rings is 1. The molecule has 0 N–H and O–H groups in total. The number of esters is 1. The first-order chi connectivity index (χ1) is 15.5. The van der Waals surface area contributed by atoms with Crippen LogP contribution in [0.2, 0.25) is 5.02 Å². The third-order valence-corrected chi connectivity index (χ3v) is 6.46. The highest BCUT2D eigenvalue weighted by Gasteiger charge is 2.28. The zero-order valence-corrected chi connectivity index (χ0v) is 19.0. The molecule has 1 aliphatic rings. The number of hydrogen-bond acceptors (Lipinski definition) is 6. The highest BCUT2D eigenvalue weighted by atomic mass is 35.5. The summed E-state index contributed by atoms with van der Waals surface area (Å²) in [6, 6.07) is 10.0. The second-order valence-corrected chi connectivity index (χ2v) is 8.54. The quantitative estimate of drug-likeness (QED) is 0.504. The summed E-state index contributed by atoms with van der Waals surface area (Å²) in [5, 5.41) is 6.53. The van der Waals surface area contributed by atoms with Crippen LogP contribution in [-0.4, -0.2) is 59.3 Å². The number of thiophene rings is 1. The number of ether oxygens (including phenoxy) is 1. The summed E-state index contributed by atoms with van der Waals surface area (Å²) in [6.07, 6.45) is 0. The van der Waals surface area contributed by atoms with Gasteiger partial charge in [0.15, 0.2) is 5.69 Å². The third-order valence-electron chi connectivity index (χ3n) is 5.23. The van der Waals surface area contributed by atoms with Crippen molar-refractivity contribution in [3.8, 4) is 10.6 Å². The molecule has 32 heavy (non-hydrogen) atoms. The van der Waals surface area contributed by atoms with Gasteiger partial charge in [-0.1, -0.05) is 17.7 Å². The Balaban J connectivity index is 1.48. The van der Waals surface area contributed by atoms with Crippen LogP contribution in [0, 0.1) is 5.82 Å². The van der Waals surface area contributed by atoms with E-state index >= 15 is 0 Å². The first kappa shape index (κ1) is 22.3. The van der Waals surface area contributed by atoms with Gasteiger partial charge in [0.25, 0.3) is 0 Å². The summed E-state index contributed by atoms with van der Waals surface area (Å²) in [6.45, 7) is 4.06. The van der Waals surface area contributed by atoms with Gasteiger partial charge in [0, 0.05) is 31.9 Å². The molecule has 0 saturated carbocycles. The molecular formula is C22H22ClFN4O3S. The summed E-state index contributed by atoms with van der Waals surface area (Å²) in [7, 11) is 0. The van der Waals surface area contributed by atoms with Crippen molar-refractivity contribution in [2.75, 3.05) is 37.7 Å². The van der Waals surface area contributed by atoms with Crippen LogP contribution in [0.15, 0.2) is 41.8 Å². The normalized spacial score (nSPS) is 14.0. The minimum Gasteiger partial charge on any atom is -0.461 e. The van der Waals surface area contributed by atoms with Gasteiger partial charge in [0.1, 0.15) is 23.1 Å². The number of halogens is 2. The van der Waals surface area contributed by atoms with Crippen LogP contribution in [-0.2, 0) is 16.1 Å². The fourth-order valence-electron chi connectivity index (χ4n) is 3.61. The average molecular weight is 477 g/mol. The molecule has 1 aromatic carbocycles. The molecule has 10 heteroatoms. The molecule has 2 aromatic heterocycles. The fourth-order valence-corrected chi connectivity index (χ4v) is 4.70. The van der Waals surface area contributed by atoms with Gasteiger partial charge < -0.3 is 14.5 Å². The lowest BCUT2D eigenvalue weighted by molar-refractivity contribution is -0.132. The standard InChI is InChI=1S/C22H22ClFN4O3S/c1-2-31-22(30)21-19(23)20(17-4-3-13-32-17)25-28(21)14-18(29)27-11-9-26(10-12-27)16-7-5-15(24)6-8-16/h3-8,13H,2,9-12,14H2,1H3. The number of hydrogen-bond donors (Lipinski definition) is 0. The highest BCUT2D eigenvalue weighted by molar-refractivity contribution is 7.13. The largest absolute Gasteiger partial charge is 0.461 e. The zero-order valence-electron chi connectivity index (χ0n) is 17.5. The number of anilines is 1. The number of nitrogens with zero attached hydrogens (tertiary/aromatic N) is 4. The molecule has 1 amide bonds. The van der Waals surface area contributed by atoms with E-state index in [1.165, 1.54) is 28.2 Å². The number of carbonyl (C=O) groups excluding carboxylic acids is 2. The topological polar surface area (TPSA) is 67.7 Å². The summed E-state index contributed by atoms with van der Waals surface area (Å²) in [5.41, 5.74) is 1.46. The van der Waals surface area contributed by atoms with Crippen LogP contribution < -0.4 is 4.90 Å². The fraction of sp³-hybridized carbons (Fsp3) is 0.318. The molecule has 3 heterocycles. The van der Waals surface area contributed by atoms with E-state index in [1.807, 2.05) is 17.5 Å². The Hall–Kier alpha value is -2.91. The number of piperazine rings is 1. The zero-order chi connectivity index (χ0) is 22.7. The number of amides is 1. The summed E-state index contributed by atoms with van der Waals surface area (Å²) < 4.78 is 19.6. The molecular weight excluding hydrogens is 455 g/mol. The van der Waals surface area contributed by atoms with Gasteiger partial charge in [0.05, 0.1) is 11.5 Å². The molecule has 0 unspecified atom stereocenters. The lowest BCUT2D eigenvalue weighted by Crippen LogP contribution is -2.49. The van der Waals surface area contributed by atoms with Gasteiger partial charge in [-0.2, -0.15) is 5.10 Å². The second kappa shape index (κ2) is 9.70. The van der Waals surface area contributed by atoms with Crippen molar-refractivity contribution in [2.24, 2.45) is 0 Å². The van der Waals surface area contributed by atoms with Gasteiger partial charge in [0.2, 0.25) is 5.91 Å². The Bertz CT molecular complexity index is 1090. The van der Waals surface area contributed by atoms with Gasteiger partial charge in [-0.25, -0.2) is 13.9 Å². The Morgan fingerprint density at radius 3 is 2.50 bits per heavy atom. The van der Waals surface area contributed by atoms with E-state index in [0.29, 0.717) is 31.9 Å². The summed E-state index contributed by atoms with van der Waals surface area (Å²) >= 11 is 7.93. The lowest BCUT2D eigenvalue weighted by Gasteiger charge is -2.36. The molecule has 1 saturated heterocycles. The highest BCUT2D eigenvalue weighted by Crippen LogP contribution is 2.33. The predicted molar refractivity (Wildman–Crippen MR) is 122 cm³/mol. The van der Waals surface area contributed by atoms with Gasteiger partial charge in [-0.05, 0) is 42.6 Å². The van der Waals surface area contributed by atoms with Crippen molar-refractivity contribution in [3.63, 3.8) is 0 Å². The molecule has 1 fully saturated rings. The molecule has 168 valence electrons. The molecule has 0 aliphatic carbocycles. The number of carbonyl (C=O) groups is 2. The Kier molecular flexibility index (Phi) is 6.76. The van der Waals surface area contributed by atoms with Crippen molar-refractivity contribution in [3.05, 3.63) is 58.3 Å². The van der Waals surface area contributed by atoms with E-state index in [4.69, 9.17) is 16.3 Å². The van der Waals surface area contributed by atoms with Crippen LogP contribution >= 0.6 is 22.9 Å². The minimum atomic E-state index is -0.610. The van der Waals surface area contributed by atoms with E-state index in [-0.39, 0.29) is 35.6 Å². The van der Waals surface area contributed by atoms with E-state index < -0.39 is 5.97 Å². The SMILES string of the molecule is CCOC(=O)c1c(Cl)c(-c2cccs2)nn1CC(=O)N1CCN(c2ccc(F)cc2)CC1. The number of aromatic nitrogens is 2. The van der Waals surface area contributed by atoms with E-state index in [1.54, 1.807) is 24.0 Å². The van der Waals surface area contributed by atoms with Crippen LogP contribution in [0.4, 0.5) is 10.1 Å². The van der Waals surface area contributed by atoms with Gasteiger partial charge in [-0.3, -0.25) is 4.79 Å².